The lowest BCUT2D eigenvalue weighted by Crippen LogP contribution is -3.08. The number of nitrogen functional groups attached to an aromatic ring is 1. The van der Waals surface area contributed by atoms with Gasteiger partial charge in [-0.25, -0.2) is 0 Å². The molecule has 0 bridgehead atoms. The molecule has 0 saturated heterocycles. The van der Waals surface area contributed by atoms with Crippen molar-refractivity contribution in [3.05, 3.63) is 17.2 Å². The molecule has 0 aromatic heterocycles. The van der Waals surface area contributed by atoms with Crippen molar-refractivity contribution in [3.8, 4) is 11.5 Å². The van der Waals surface area contributed by atoms with Crippen molar-refractivity contribution in [2.45, 2.75) is 13.0 Å². The molecule has 0 aliphatic carbocycles. The van der Waals surface area contributed by atoms with Gasteiger partial charge in [-0.3, -0.25) is 0 Å². The molecule has 0 spiro atoms. The van der Waals surface area contributed by atoms with Gasteiger partial charge in [0, 0.05) is 12.0 Å². The summed E-state index contributed by atoms with van der Waals surface area (Å²) in [4.78, 5) is 1.42. The molecular weight excluding hydrogens is 192 g/mol. The third kappa shape index (κ3) is 1.61. The number of anilines is 1. The molecule has 0 radical (unpaired) electrons. The van der Waals surface area contributed by atoms with E-state index in [-0.39, 0.29) is 5.75 Å². The molecule has 1 unspecified atom stereocenters. The van der Waals surface area contributed by atoms with Crippen molar-refractivity contribution >= 4 is 5.69 Å². The van der Waals surface area contributed by atoms with Gasteiger partial charge in [-0.2, -0.15) is 0 Å². The number of benzene rings is 1. The van der Waals surface area contributed by atoms with Gasteiger partial charge in [0.15, 0.2) is 11.5 Å². The Morgan fingerprint density at radius 3 is 2.93 bits per heavy atom. The maximum absolute atomic E-state index is 9.78. The third-order valence-corrected chi connectivity index (χ3v) is 3.03. The number of aromatic hydroxyl groups is 1. The molecule has 82 valence electrons. The lowest BCUT2D eigenvalue weighted by atomic mass is 9.97. The minimum atomic E-state index is 0.0750. The van der Waals surface area contributed by atoms with E-state index < -0.39 is 0 Å². The molecule has 0 amide bonds. The van der Waals surface area contributed by atoms with Crippen LogP contribution in [-0.2, 0) is 13.0 Å². The number of phenols is 1. The highest BCUT2D eigenvalue weighted by Crippen LogP contribution is 2.37. The Balaban J connectivity index is 2.53. The van der Waals surface area contributed by atoms with Crippen molar-refractivity contribution in [2.75, 3.05) is 26.4 Å². The average molecular weight is 209 g/mol. The van der Waals surface area contributed by atoms with Gasteiger partial charge in [-0.1, -0.05) is 0 Å². The van der Waals surface area contributed by atoms with Crippen molar-refractivity contribution in [2.24, 2.45) is 0 Å². The second kappa shape index (κ2) is 3.62. The van der Waals surface area contributed by atoms with Gasteiger partial charge in [-0.05, 0) is 11.6 Å². The van der Waals surface area contributed by atoms with E-state index in [0.717, 1.165) is 25.1 Å². The van der Waals surface area contributed by atoms with Crippen LogP contribution in [0.15, 0.2) is 6.07 Å². The summed E-state index contributed by atoms with van der Waals surface area (Å²) >= 11 is 0. The van der Waals surface area contributed by atoms with E-state index in [9.17, 15) is 5.11 Å². The van der Waals surface area contributed by atoms with Crippen LogP contribution in [-0.4, -0.2) is 25.8 Å². The zero-order chi connectivity index (χ0) is 11.0. The summed E-state index contributed by atoms with van der Waals surface area (Å²) in [6.07, 6.45) is 0.988. The summed E-state index contributed by atoms with van der Waals surface area (Å²) in [5.41, 5.74) is 8.64. The van der Waals surface area contributed by atoms with Crippen LogP contribution in [0.5, 0.6) is 11.5 Å². The summed E-state index contributed by atoms with van der Waals surface area (Å²) in [6, 6.07) is 1.90. The number of hydrogen-bond donors (Lipinski definition) is 3. The van der Waals surface area contributed by atoms with Gasteiger partial charge in [0.1, 0.15) is 6.54 Å². The molecule has 1 aromatic rings. The number of ether oxygens (including phenoxy) is 1. The maximum Gasteiger partial charge on any atom is 0.181 e. The number of likely N-dealkylation sites (N-methyl/N-ethyl adjacent to an activating group) is 1. The van der Waals surface area contributed by atoms with Crippen LogP contribution in [0.2, 0.25) is 0 Å². The molecule has 1 heterocycles. The van der Waals surface area contributed by atoms with E-state index in [1.54, 1.807) is 7.11 Å². The Labute approximate surface area is 89.3 Å². The number of hydrogen-bond acceptors (Lipinski definition) is 3. The lowest BCUT2D eigenvalue weighted by molar-refractivity contribution is -0.895. The van der Waals surface area contributed by atoms with Gasteiger partial charge in [0.2, 0.25) is 0 Å². The summed E-state index contributed by atoms with van der Waals surface area (Å²) in [6.45, 7) is 1.97. The molecule has 4 nitrogen and oxygen atoms in total. The van der Waals surface area contributed by atoms with Crippen molar-refractivity contribution in [1.82, 2.24) is 0 Å². The van der Waals surface area contributed by atoms with Crippen LogP contribution in [0.25, 0.3) is 0 Å². The molecule has 1 atom stereocenters. The number of rotatable bonds is 1. The fourth-order valence-electron chi connectivity index (χ4n) is 2.09. The molecule has 1 aliphatic heterocycles. The highest BCUT2D eigenvalue weighted by Gasteiger charge is 2.22. The second-order valence-electron chi connectivity index (χ2n) is 4.11. The number of nitrogens with two attached hydrogens (primary N) is 1. The fraction of sp³-hybridized carbons (Fsp3) is 0.455. The first-order valence-electron chi connectivity index (χ1n) is 5.12. The van der Waals surface area contributed by atoms with Gasteiger partial charge in [-0.15, -0.1) is 0 Å². The van der Waals surface area contributed by atoms with Crippen molar-refractivity contribution < 1.29 is 14.7 Å². The summed E-state index contributed by atoms with van der Waals surface area (Å²) in [7, 11) is 3.67. The molecule has 0 fully saturated rings. The number of quaternary nitrogens is 1. The average Bonchev–Trinajstić information content (AvgIpc) is 2.24. The summed E-state index contributed by atoms with van der Waals surface area (Å²) in [5, 5.41) is 9.78. The van der Waals surface area contributed by atoms with E-state index in [4.69, 9.17) is 10.5 Å². The van der Waals surface area contributed by atoms with E-state index in [2.05, 4.69) is 7.05 Å². The molecule has 4 heteroatoms. The molecule has 1 aliphatic rings. The lowest BCUT2D eigenvalue weighted by Gasteiger charge is -2.24. The standard InChI is InChI=1S/C11H16N2O2/c1-13-4-3-7-5-9(15-2)11(14)10(12)8(7)6-13/h5,14H,3-4,6,12H2,1-2H3/p+1. The van der Waals surface area contributed by atoms with E-state index >= 15 is 0 Å². The fourth-order valence-corrected chi connectivity index (χ4v) is 2.09. The quantitative estimate of drug-likeness (QED) is 0.434. The highest BCUT2D eigenvalue weighted by atomic mass is 16.5. The largest absolute Gasteiger partial charge is 0.503 e. The predicted molar refractivity (Wildman–Crippen MR) is 58.2 cm³/mol. The molecule has 4 N–H and O–H groups in total. The summed E-state index contributed by atoms with van der Waals surface area (Å²) < 4.78 is 5.08. The van der Waals surface area contributed by atoms with Crippen molar-refractivity contribution in [1.29, 1.82) is 0 Å². The Bertz CT molecular complexity index is 391. The molecule has 15 heavy (non-hydrogen) atoms. The molecule has 0 saturated carbocycles. The highest BCUT2D eigenvalue weighted by molar-refractivity contribution is 5.67. The van der Waals surface area contributed by atoms with Crippen molar-refractivity contribution in [3.63, 3.8) is 0 Å². The van der Waals surface area contributed by atoms with E-state index in [1.807, 2.05) is 6.07 Å². The molecular formula is C11H17N2O2+. The van der Waals surface area contributed by atoms with Gasteiger partial charge in [0.25, 0.3) is 0 Å². The van der Waals surface area contributed by atoms with Crippen LogP contribution < -0.4 is 15.4 Å². The van der Waals surface area contributed by atoms with E-state index in [1.165, 1.54) is 10.5 Å². The topological polar surface area (TPSA) is 59.9 Å². The number of nitrogens with one attached hydrogen (secondary N) is 1. The molecule has 1 aromatic carbocycles. The minimum absolute atomic E-state index is 0.0750. The Kier molecular flexibility index (Phi) is 2.44. The van der Waals surface area contributed by atoms with Gasteiger partial charge < -0.3 is 20.5 Å². The van der Waals surface area contributed by atoms with Crippen LogP contribution >= 0.6 is 0 Å². The monoisotopic (exact) mass is 209 g/mol. The molecule has 2 rings (SSSR count). The first kappa shape index (κ1) is 10.1. The maximum atomic E-state index is 9.78. The SMILES string of the molecule is COc1cc2c(c(N)c1O)C[NH+](C)CC2. The van der Waals surface area contributed by atoms with Crippen LogP contribution in [0.1, 0.15) is 11.1 Å². The Hall–Kier alpha value is -1.42. The first-order chi connectivity index (χ1) is 7.13. The van der Waals surface area contributed by atoms with Crippen LogP contribution in [0, 0.1) is 0 Å². The number of phenolic OH excluding ortho intramolecular Hbond substituents is 1. The van der Waals surface area contributed by atoms with Crippen LogP contribution in [0.4, 0.5) is 5.69 Å². The number of methoxy groups -OCH3 is 1. The third-order valence-electron chi connectivity index (χ3n) is 3.03. The summed E-state index contributed by atoms with van der Waals surface area (Å²) in [5.74, 6) is 0.553. The Morgan fingerprint density at radius 1 is 1.53 bits per heavy atom. The second-order valence-corrected chi connectivity index (χ2v) is 4.11. The smallest absolute Gasteiger partial charge is 0.181 e. The zero-order valence-electron chi connectivity index (χ0n) is 9.13. The minimum Gasteiger partial charge on any atom is -0.503 e. The van der Waals surface area contributed by atoms with Gasteiger partial charge >= 0.3 is 0 Å². The van der Waals surface area contributed by atoms with Gasteiger partial charge in [0.05, 0.1) is 26.4 Å². The Morgan fingerprint density at radius 2 is 2.27 bits per heavy atom. The zero-order valence-corrected chi connectivity index (χ0v) is 9.13. The van der Waals surface area contributed by atoms with Crippen LogP contribution in [0.3, 0.4) is 0 Å². The first-order valence-corrected chi connectivity index (χ1v) is 5.12. The predicted octanol–water partition coefficient (Wildman–Crippen LogP) is -0.446. The van der Waals surface area contributed by atoms with E-state index in [0.29, 0.717) is 11.4 Å². The normalized spacial score (nSPS) is 19.7. The number of fused-ring (bicyclic) bond motifs is 1.